The van der Waals surface area contributed by atoms with Gasteiger partial charge in [-0.1, -0.05) is 0 Å². The Hall–Kier alpha value is -1.74. The average Bonchev–Trinajstić information content (AvgIpc) is 2.34. The van der Waals surface area contributed by atoms with E-state index in [-0.39, 0.29) is 5.69 Å². The summed E-state index contributed by atoms with van der Waals surface area (Å²) >= 11 is 0. The van der Waals surface area contributed by atoms with Gasteiger partial charge in [-0.3, -0.25) is 14.3 Å². The fourth-order valence-electron chi connectivity index (χ4n) is 1.27. The number of hydrogen-bond acceptors (Lipinski definition) is 4. The second-order valence-electron chi connectivity index (χ2n) is 3.42. The third-order valence-corrected chi connectivity index (χ3v) is 3.64. The molecule has 1 unspecified atom stereocenters. The van der Waals surface area contributed by atoms with Gasteiger partial charge in [0.25, 0.3) is 5.69 Å². The van der Waals surface area contributed by atoms with Crippen LogP contribution >= 0.6 is 0 Å². The second kappa shape index (κ2) is 6.76. The molecule has 90 valence electrons. The largest absolute Gasteiger partial charge is 0.269 e. The number of benzene rings is 1. The lowest BCUT2D eigenvalue weighted by molar-refractivity contribution is -0.384. The van der Waals surface area contributed by atoms with Gasteiger partial charge in [0.1, 0.15) is 0 Å². The maximum atomic E-state index is 11.7. The molecule has 5 nitrogen and oxygen atoms in total. The molecule has 0 aliphatic rings. The molecule has 0 spiro atoms. The van der Waals surface area contributed by atoms with Crippen LogP contribution in [-0.4, -0.2) is 14.9 Å². The van der Waals surface area contributed by atoms with E-state index in [0.717, 1.165) is 12.8 Å². The molecule has 1 rings (SSSR count). The van der Waals surface area contributed by atoms with Crippen molar-refractivity contribution in [3.8, 4) is 6.07 Å². The van der Waals surface area contributed by atoms with Crippen LogP contribution in [0.15, 0.2) is 29.2 Å². The Kier molecular flexibility index (Phi) is 5.30. The predicted octanol–water partition coefficient (Wildman–Crippen LogP) is 2.40. The van der Waals surface area contributed by atoms with E-state index in [1.54, 1.807) is 0 Å². The molecular formula is C11H12N2O3S. The molecule has 1 aromatic carbocycles. The number of nitrogens with zero attached hydrogens (tertiary/aromatic N) is 2. The first-order valence-electron chi connectivity index (χ1n) is 5.15. The molecule has 0 saturated carbocycles. The first kappa shape index (κ1) is 13.3. The number of hydrogen-bond donors (Lipinski definition) is 0. The van der Waals surface area contributed by atoms with Crippen LogP contribution in [0.2, 0.25) is 0 Å². The van der Waals surface area contributed by atoms with Gasteiger partial charge in [-0.25, -0.2) is 0 Å². The quantitative estimate of drug-likeness (QED) is 0.442. The Balaban J connectivity index is 2.52. The fourth-order valence-corrected chi connectivity index (χ4v) is 2.42. The SMILES string of the molecule is N#CCCCCS(=O)c1ccc([N+](=O)[O-])cc1. The Morgan fingerprint density at radius 1 is 1.29 bits per heavy atom. The topological polar surface area (TPSA) is 84.0 Å². The lowest BCUT2D eigenvalue weighted by Gasteiger charge is -2.00. The number of non-ortho nitro benzene ring substituents is 1. The molecule has 0 amide bonds. The zero-order valence-corrected chi connectivity index (χ0v) is 9.98. The van der Waals surface area contributed by atoms with Gasteiger partial charge in [-0.05, 0) is 25.0 Å². The van der Waals surface area contributed by atoms with Crippen molar-refractivity contribution in [2.45, 2.75) is 24.2 Å². The number of unbranched alkanes of at least 4 members (excludes halogenated alkanes) is 2. The van der Waals surface area contributed by atoms with Crippen molar-refractivity contribution < 1.29 is 9.13 Å². The molecule has 0 aromatic heterocycles. The zero-order valence-electron chi connectivity index (χ0n) is 9.17. The normalized spacial score (nSPS) is 11.7. The van der Waals surface area contributed by atoms with Crippen molar-refractivity contribution in [1.29, 1.82) is 5.26 Å². The molecule has 0 N–H and O–H groups in total. The first-order chi connectivity index (χ1) is 8.15. The lowest BCUT2D eigenvalue weighted by atomic mass is 10.3. The molecule has 1 atom stereocenters. The highest BCUT2D eigenvalue weighted by molar-refractivity contribution is 7.85. The zero-order chi connectivity index (χ0) is 12.7. The van der Waals surface area contributed by atoms with Gasteiger partial charge < -0.3 is 0 Å². The summed E-state index contributed by atoms with van der Waals surface area (Å²) in [6.07, 6.45) is 1.92. The summed E-state index contributed by atoms with van der Waals surface area (Å²) in [5, 5.41) is 18.8. The maximum absolute atomic E-state index is 11.7. The molecule has 0 aliphatic carbocycles. The summed E-state index contributed by atoms with van der Waals surface area (Å²) in [6, 6.07) is 7.75. The van der Waals surface area contributed by atoms with Crippen LogP contribution in [0.25, 0.3) is 0 Å². The van der Waals surface area contributed by atoms with Crippen LogP contribution in [0.3, 0.4) is 0 Å². The molecule has 0 saturated heterocycles. The minimum absolute atomic E-state index is 0.00442. The van der Waals surface area contributed by atoms with Crippen molar-refractivity contribution in [2.75, 3.05) is 5.75 Å². The van der Waals surface area contributed by atoms with Crippen LogP contribution in [0.5, 0.6) is 0 Å². The molecule has 0 aliphatic heterocycles. The first-order valence-corrected chi connectivity index (χ1v) is 6.47. The fraction of sp³-hybridized carbons (Fsp3) is 0.364. The van der Waals surface area contributed by atoms with E-state index >= 15 is 0 Å². The number of nitro groups is 1. The monoisotopic (exact) mass is 252 g/mol. The van der Waals surface area contributed by atoms with Crippen LogP contribution in [0, 0.1) is 21.4 Å². The van der Waals surface area contributed by atoms with E-state index < -0.39 is 15.7 Å². The minimum atomic E-state index is -1.14. The number of nitro benzene ring substituents is 1. The molecule has 0 heterocycles. The van der Waals surface area contributed by atoms with E-state index in [0.29, 0.717) is 17.1 Å². The predicted molar refractivity (Wildman–Crippen MR) is 63.8 cm³/mol. The van der Waals surface area contributed by atoms with Gasteiger partial charge in [0.2, 0.25) is 0 Å². The Bertz CT molecular complexity index is 451. The molecule has 0 radical (unpaired) electrons. The molecule has 0 fully saturated rings. The smallest absolute Gasteiger partial charge is 0.258 e. The molecule has 0 bridgehead atoms. The summed E-state index contributed by atoms with van der Waals surface area (Å²) in [7, 11) is -1.14. The van der Waals surface area contributed by atoms with Crippen LogP contribution in [-0.2, 0) is 10.8 Å². The van der Waals surface area contributed by atoms with E-state index in [2.05, 4.69) is 0 Å². The van der Waals surface area contributed by atoms with E-state index in [1.807, 2.05) is 6.07 Å². The summed E-state index contributed by atoms with van der Waals surface area (Å²) < 4.78 is 11.7. The van der Waals surface area contributed by atoms with Crippen LogP contribution < -0.4 is 0 Å². The standard InChI is InChI=1S/C11H12N2O3S/c12-8-2-1-3-9-17(16)11-6-4-10(5-7-11)13(14)15/h4-7H,1-3,9H2. The Labute approximate surface area is 102 Å². The Morgan fingerprint density at radius 2 is 1.94 bits per heavy atom. The maximum Gasteiger partial charge on any atom is 0.269 e. The van der Waals surface area contributed by atoms with Gasteiger partial charge in [0.15, 0.2) is 0 Å². The van der Waals surface area contributed by atoms with Gasteiger partial charge in [0, 0.05) is 29.2 Å². The van der Waals surface area contributed by atoms with E-state index in [1.165, 1.54) is 24.3 Å². The summed E-state index contributed by atoms with van der Waals surface area (Å²) in [5.74, 6) is 0.486. The van der Waals surface area contributed by atoms with Crippen molar-refractivity contribution in [3.05, 3.63) is 34.4 Å². The lowest BCUT2D eigenvalue weighted by Crippen LogP contribution is -1.98. The third kappa shape index (κ3) is 4.33. The van der Waals surface area contributed by atoms with Crippen molar-refractivity contribution in [2.24, 2.45) is 0 Å². The number of rotatable bonds is 6. The third-order valence-electron chi connectivity index (χ3n) is 2.18. The highest BCUT2D eigenvalue weighted by Gasteiger charge is 2.07. The van der Waals surface area contributed by atoms with Crippen molar-refractivity contribution in [1.82, 2.24) is 0 Å². The van der Waals surface area contributed by atoms with Crippen LogP contribution in [0.4, 0.5) is 5.69 Å². The molecule has 1 aromatic rings. The van der Waals surface area contributed by atoms with Gasteiger partial charge in [0.05, 0.1) is 21.8 Å². The van der Waals surface area contributed by atoms with Crippen molar-refractivity contribution in [3.63, 3.8) is 0 Å². The van der Waals surface area contributed by atoms with Gasteiger partial charge >= 0.3 is 0 Å². The summed E-state index contributed by atoms with van der Waals surface area (Å²) in [5.41, 5.74) is -0.00442. The van der Waals surface area contributed by atoms with Crippen LogP contribution in [0.1, 0.15) is 19.3 Å². The van der Waals surface area contributed by atoms with Gasteiger partial charge in [-0.2, -0.15) is 5.26 Å². The molecule has 6 heteroatoms. The molecular weight excluding hydrogens is 240 g/mol. The highest BCUT2D eigenvalue weighted by atomic mass is 32.2. The van der Waals surface area contributed by atoms with Gasteiger partial charge in [-0.15, -0.1) is 0 Å². The summed E-state index contributed by atoms with van der Waals surface area (Å²) in [6.45, 7) is 0. The molecule has 17 heavy (non-hydrogen) atoms. The summed E-state index contributed by atoms with van der Waals surface area (Å²) in [4.78, 5) is 10.5. The average molecular weight is 252 g/mol. The highest BCUT2D eigenvalue weighted by Crippen LogP contribution is 2.15. The second-order valence-corrected chi connectivity index (χ2v) is 4.99. The Morgan fingerprint density at radius 3 is 2.47 bits per heavy atom. The van der Waals surface area contributed by atoms with E-state index in [4.69, 9.17) is 5.26 Å². The number of nitriles is 1. The van der Waals surface area contributed by atoms with E-state index in [9.17, 15) is 14.3 Å². The minimum Gasteiger partial charge on any atom is -0.258 e. The van der Waals surface area contributed by atoms with Crippen molar-refractivity contribution >= 4 is 16.5 Å².